The number of aliphatic hydroxyl groups is 1. The first kappa shape index (κ1) is 8.29. The quantitative estimate of drug-likeness (QED) is 0.523. The van der Waals surface area contributed by atoms with E-state index in [2.05, 4.69) is 10.1 Å². The molecule has 64 valence electrons. The fraction of sp³-hybridized carbons (Fsp3) is 0.833. The normalized spacial score (nSPS) is 30.0. The zero-order valence-corrected chi connectivity index (χ0v) is 6.24. The summed E-state index contributed by atoms with van der Waals surface area (Å²) in [4.78, 5) is 10.6. The molecule has 0 unspecified atom stereocenters. The van der Waals surface area contributed by atoms with Gasteiger partial charge in [-0.25, -0.2) is 4.79 Å². The Bertz CT molecular complexity index is 150. The average Bonchev–Trinajstić information content (AvgIpc) is 2.37. The van der Waals surface area contributed by atoms with Crippen molar-refractivity contribution in [3.63, 3.8) is 0 Å². The number of aliphatic hydroxyl groups excluding tert-OH is 1. The number of hydrogen-bond acceptors (Lipinski definition) is 4. The van der Waals surface area contributed by atoms with E-state index in [1.54, 1.807) is 0 Å². The van der Waals surface area contributed by atoms with Crippen LogP contribution in [0, 0.1) is 0 Å². The first-order valence-electron chi connectivity index (χ1n) is 3.34. The molecule has 0 saturated carbocycles. The Hall–Kier alpha value is -0.810. The number of carbonyl (C=O) groups is 1. The largest absolute Gasteiger partial charge is 0.453 e. The van der Waals surface area contributed by atoms with Crippen LogP contribution in [-0.2, 0) is 9.47 Å². The molecule has 0 aromatic carbocycles. The third kappa shape index (κ3) is 2.06. The van der Waals surface area contributed by atoms with Crippen LogP contribution >= 0.6 is 0 Å². The van der Waals surface area contributed by atoms with Crippen LogP contribution < -0.4 is 5.32 Å². The summed E-state index contributed by atoms with van der Waals surface area (Å²) in [5.74, 6) is 0. The molecule has 1 aliphatic heterocycles. The summed E-state index contributed by atoms with van der Waals surface area (Å²) in [7, 11) is 1.28. The highest BCUT2D eigenvalue weighted by molar-refractivity contribution is 5.67. The van der Waals surface area contributed by atoms with E-state index < -0.39 is 12.2 Å². The molecule has 0 aromatic heterocycles. The molecule has 1 amide bonds. The zero-order chi connectivity index (χ0) is 8.27. The fourth-order valence-corrected chi connectivity index (χ4v) is 0.891. The van der Waals surface area contributed by atoms with Crippen LogP contribution in [0.4, 0.5) is 4.79 Å². The number of hydrogen-bond donors (Lipinski definition) is 2. The van der Waals surface area contributed by atoms with Gasteiger partial charge >= 0.3 is 6.09 Å². The molecule has 0 bridgehead atoms. The van der Waals surface area contributed by atoms with E-state index in [9.17, 15) is 4.79 Å². The van der Waals surface area contributed by atoms with E-state index >= 15 is 0 Å². The van der Waals surface area contributed by atoms with Crippen molar-refractivity contribution < 1.29 is 19.4 Å². The van der Waals surface area contributed by atoms with Crippen molar-refractivity contribution in [1.82, 2.24) is 5.32 Å². The monoisotopic (exact) mass is 161 g/mol. The number of amides is 1. The predicted molar refractivity (Wildman–Crippen MR) is 36.2 cm³/mol. The number of ether oxygens (including phenoxy) is 2. The highest BCUT2D eigenvalue weighted by Crippen LogP contribution is 2.04. The molecule has 11 heavy (non-hydrogen) atoms. The number of carbonyl (C=O) groups excluding carboxylic acids is 1. The maximum Gasteiger partial charge on any atom is 0.407 e. The van der Waals surface area contributed by atoms with Crippen molar-refractivity contribution in [2.24, 2.45) is 0 Å². The maximum absolute atomic E-state index is 10.6. The smallest absolute Gasteiger partial charge is 0.407 e. The number of methoxy groups -OCH3 is 1. The highest BCUT2D eigenvalue weighted by atomic mass is 16.5. The molecule has 5 nitrogen and oxygen atoms in total. The van der Waals surface area contributed by atoms with Crippen LogP contribution in [0.1, 0.15) is 0 Å². The van der Waals surface area contributed by atoms with Gasteiger partial charge in [0.2, 0.25) is 0 Å². The Balaban J connectivity index is 2.30. The zero-order valence-electron chi connectivity index (χ0n) is 6.24. The van der Waals surface area contributed by atoms with Gasteiger partial charge in [0.15, 0.2) is 0 Å². The van der Waals surface area contributed by atoms with Gasteiger partial charge in [-0.3, -0.25) is 0 Å². The van der Waals surface area contributed by atoms with Crippen molar-refractivity contribution in [3.8, 4) is 0 Å². The van der Waals surface area contributed by atoms with Crippen LogP contribution in [0.25, 0.3) is 0 Å². The lowest BCUT2D eigenvalue weighted by atomic mass is 10.2. The molecular weight excluding hydrogens is 150 g/mol. The molecule has 1 rings (SSSR count). The Morgan fingerprint density at radius 2 is 2.45 bits per heavy atom. The number of rotatable bonds is 1. The van der Waals surface area contributed by atoms with Crippen molar-refractivity contribution in [2.45, 2.75) is 12.1 Å². The van der Waals surface area contributed by atoms with Gasteiger partial charge in [0.05, 0.1) is 32.5 Å². The molecule has 0 spiro atoms. The van der Waals surface area contributed by atoms with E-state index in [4.69, 9.17) is 9.84 Å². The number of nitrogens with one attached hydrogen (secondary N) is 1. The molecule has 0 aliphatic carbocycles. The number of alkyl carbamates (subject to hydrolysis) is 1. The lowest BCUT2D eigenvalue weighted by molar-refractivity contribution is 0.119. The van der Waals surface area contributed by atoms with Gasteiger partial charge in [-0.05, 0) is 0 Å². The molecular formula is C6H11NO4. The van der Waals surface area contributed by atoms with E-state index in [1.807, 2.05) is 0 Å². The van der Waals surface area contributed by atoms with Crippen molar-refractivity contribution in [2.75, 3.05) is 20.3 Å². The van der Waals surface area contributed by atoms with Crippen molar-refractivity contribution >= 4 is 6.09 Å². The molecule has 0 radical (unpaired) electrons. The minimum atomic E-state index is -0.617. The van der Waals surface area contributed by atoms with Crippen molar-refractivity contribution in [3.05, 3.63) is 0 Å². The van der Waals surface area contributed by atoms with E-state index in [0.29, 0.717) is 6.61 Å². The third-order valence-corrected chi connectivity index (χ3v) is 1.54. The van der Waals surface area contributed by atoms with Gasteiger partial charge in [-0.1, -0.05) is 0 Å². The van der Waals surface area contributed by atoms with Crippen LogP contribution in [-0.4, -0.2) is 43.7 Å². The van der Waals surface area contributed by atoms with Crippen LogP contribution in [0.3, 0.4) is 0 Å². The molecule has 2 atom stereocenters. The molecule has 1 heterocycles. The summed E-state index contributed by atoms with van der Waals surface area (Å²) in [6, 6.07) is -0.331. The molecule has 1 saturated heterocycles. The van der Waals surface area contributed by atoms with Crippen molar-refractivity contribution in [1.29, 1.82) is 0 Å². The fourth-order valence-electron chi connectivity index (χ4n) is 0.891. The first-order valence-corrected chi connectivity index (χ1v) is 3.34. The minimum absolute atomic E-state index is 0.272. The van der Waals surface area contributed by atoms with Gasteiger partial charge in [0, 0.05) is 0 Å². The first-order chi connectivity index (χ1) is 5.24. The minimum Gasteiger partial charge on any atom is -0.453 e. The van der Waals surface area contributed by atoms with Gasteiger partial charge in [0.1, 0.15) is 0 Å². The molecule has 0 aromatic rings. The van der Waals surface area contributed by atoms with E-state index in [-0.39, 0.29) is 12.6 Å². The van der Waals surface area contributed by atoms with E-state index in [0.717, 1.165) is 0 Å². The lowest BCUT2D eigenvalue weighted by Crippen LogP contribution is -2.42. The Kier molecular flexibility index (Phi) is 2.67. The summed E-state index contributed by atoms with van der Waals surface area (Å²) < 4.78 is 9.24. The standard InChI is InChI=1S/C6H11NO4/c1-10-6(9)7-4-2-11-3-5(4)8/h4-5,8H,2-3H2,1H3,(H,7,9)/t4-,5-/m1/s1. The average molecular weight is 161 g/mol. The maximum atomic E-state index is 10.6. The van der Waals surface area contributed by atoms with Crippen LogP contribution in [0.15, 0.2) is 0 Å². The topological polar surface area (TPSA) is 67.8 Å². The van der Waals surface area contributed by atoms with Gasteiger partial charge in [0.25, 0.3) is 0 Å². The summed E-state index contributed by atoms with van der Waals surface area (Å²) in [5.41, 5.74) is 0. The van der Waals surface area contributed by atoms with Crippen LogP contribution in [0.5, 0.6) is 0 Å². The summed E-state index contributed by atoms with van der Waals surface area (Å²) in [6.45, 7) is 0.616. The highest BCUT2D eigenvalue weighted by Gasteiger charge is 2.27. The Morgan fingerprint density at radius 3 is 2.91 bits per heavy atom. The summed E-state index contributed by atoms with van der Waals surface area (Å²) in [6.07, 6.45) is -1.16. The predicted octanol–water partition coefficient (Wildman–Crippen LogP) is -0.898. The van der Waals surface area contributed by atoms with Crippen LogP contribution in [0.2, 0.25) is 0 Å². The molecule has 1 fully saturated rings. The molecule has 5 heteroatoms. The summed E-state index contributed by atoms with van der Waals surface area (Å²) in [5, 5.41) is 11.6. The second-order valence-electron chi connectivity index (χ2n) is 2.35. The molecule has 1 aliphatic rings. The molecule has 2 N–H and O–H groups in total. The van der Waals surface area contributed by atoms with E-state index in [1.165, 1.54) is 7.11 Å². The Labute approximate surface area is 64.3 Å². The van der Waals surface area contributed by atoms with Gasteiger partial charge in [-0.2, -0.15) is 0 Å². The Morgan fingerprint density at radius 1 is 1.73 bits per heavy atom. The second kappa shape index (κ2) is 3.54. The summed E-state index contributed by atoms with van der Waals surface area (Å²) >= 11 is 0. The lowest BCUT2D eigenvalue weighted by Gasteiger charge is -2.12. The van der Waals surface area contributed by atoms with Gasteiger partial charge in [-0.15, -0.1) is 0 Å². The third-order valence-electron chi connectivity index (χ3n) is 1.54. The van der Waals surface area contributed by atoms with Gasteiger partial charge < -0.3 is 19.9 Å². The second-order valence-corrected chi connectivity index (χ2v) is 2.35. The SMILES string of the molecule is COC(=O)N[C@@H]1COC[C@H]1O.